The number of hydrogen-bond donors (Lipinski definition) is 2. The van der Waals surface area contributed by atoms with E-state index in [2.05, 4.69) is 15.3 Å². The molecule has 4 aromatic rings. The molecule has 5 rings (SSSR count). The Morgan fingerprint density at radius 2 is 2.00 bits per heavy atom. The van der Waals surface area contributed by atoms with E-state index in [1.165, 1.54) is 6.07 Å². The number of fused-ring (bicyclic) bond motifs is 2. The lowest BCUT2D eigenvalue weighted by Crippen LogP contribution is -2.20. The Hall–Kier alpha value is -3.79. The van der Waals surface area contributed by atoms with Crippen LogP contribution < -0.4 is 5.32 Å². The maximum atomic E-state index is 15.1. The molecule has 0 aliphatic carbocycles. The van der Waals surface area contributed by atoms with E-state index in [4.69, 9.17) is 11.6 Å². The molecule has 0 spiro atoms. The Kier molecular flexibility index (Phi) is 4.63. The highest BCUT2D eigenvalue weighted by Crippen LogP contribution is 2.39. The first kappa shape index (κ1) is 19.2. The van der Waals surface area contributed by atoms with E-state index in [9.17, 15) is 10.4 Å². The molecule has 0 fully saturated rings. The third-order valence-corrected chi connectivity index (χ3v) is 5.43. The van der Waals surface area contributed by atoms with Gasteiger partial charge in [-0.3, -0.25) is 4.98 Å². The molecule has 2 aromatic heterocycles. The zero-order valence-corrected chi connectivity index (χ0v) is 16.7. The van der Waals surface area contributed by atoms with Crippen molar-refractivity contribution in [2.75, 3.05) is 5.32 Å². The van der Waals surface area contributed by atoms with E-state index in [1.54, 1.807) is 36.5 Å². The van der Waals surface area contributed by atoms with Crippen molar-refractivity contribution in [2.24, 2.45) is 0 Å². The zero-order chi connectivity index (χ0) is 21.5. The van der Waals surface area contributed by atoms with E-state index >= 15 is 4.39 Å². The van der Waals surface area contributed by atoms with Gasteiger partial charge in [0, 0.05) is 28.3 Å². The number of nitriles is 1. The molecule has 31 heavy (non-hydrogen) atoms. The summed E-state index contributed by atoms with van der Waals surface area (Å²) in [5, 5.41) is 23.4. The largest absolute Gasteiger partial charge is 0.370 e. The summed E-state index contributed by atoms with van der Waals surface area (Å²) in [6.45, 7) is 0. The second-order valence-electron chi connectivity index (χ2n) is 7.08. The fraction of sp³-hybridized carbons (Fsp3) is 0.0417. The molecule has 1 unspecified atom stereocenters. The molecule has 1 atom stereocenters. The quantitative estimate of drug-likeness (QED) is 0.447. The first-order chi connectivity index (χ1) is 15.0. The van der Waals surface area contributed by atoms with Crippen molar-refractivity contribution in [1.29, 1.82) is 5.26 Å². The summed E-state index contributed by atoms with van der Waals surface area (Å²) >= 11 is 6.49. The van der Waals surface area contributed by atoms with E-state index in [-0.39, 0.29) is 11.1 Å². The fourth-order valence-corrected chi connectivity index (χ4v) is 3.96. The molecule has 0 radical (unpaired) electrons. The Bertz CT molecular complexity index is 1430. The SMILES string of the molecule is N#Cc1cccc(-c2nc3c(cc2-c2cc(Cl)c4ncccc4c2)C=CC(O)N3)c1F. The van der Waals surface area contributed by atoms with Gasteiger partial charge in [-0.05, 0) is 48.0 Å². The number of nitrogens with one attached hydrogen (secondary N) is 1. The van der Waals surface area contributed by atoms with Crippen LogP contribution in [0.5, 0.6) is 0 Å². The first-order valence-corrected chi connectivity index (χ1v) is 9.84. The van der Waals surface area contributed by atoms with Crippen LogP contribution in [0.1, 0.15) is 11.1 Å². The van der Waals surface area contributed by atoms with Crippen molar-refractivity contribution in [2.45, 2.75) is 6.23 Å². The number of nitrogens with zero attached hydrogens (tertiary/aromatic N) is 3. The van der Waals surface area contributed by atoms with Crippen molar-refractivity contribution < 1.29 is 9.50 Å². The number of hydrogen-bond acceptors (Lipinski definition) is 5. The smallest absolute Gasteiger partial charge is 0.150 e. The molecular formula is C24H14ClFN4O. The van der Waals surface area contributed by atoms with Gasteiger partial charge >= 0.3 is 0 Å². The summed E-state index contributed by atoms with van der Waals surface area (Å²) in [5.74, 6) is -0.233. The Labute approximate surface area is 182 Å². The van der Waals surface area contributed by atoms with Gasteiger partial charge in [-0.25, -0.2) is 9.37 Å². The minimum Gasteiger partial charge on any atom is -0.370 e. The fourth-order valence-electron chi connectivity index (χ4n) is 3.68. The molecule has 1 aliphatic heterocycles. The Morgan fingerprint density at radius 1 is 1.13 bits per heavy atom. The molecular weight excluding hydrogens is 415 g/mol. The topological polar surface area (TPSA) is 81.8 Å². The molecule has 150 valence electrons. The van der Waals surface area contributed by atoms with Gasteiger partial charge in [0.1, 0.15) is 23.9 Å². The molecule has 0 amide bonds. The number of halogens is 2. The normalized spacial score (nSPS) is 14.7. The molecule has 2 aromatic carbocycles. The summed E-state index contributed by atoms with van der Waals surface area (Å²) in [5.41, 5.74) is 3.23. The van der Waals surface area contributed by atoms with Crippen molar-refractivity contribution in [3.63, 3.8) is 0 Å². The zero-order valence-electron chi connectivity index (χ0n) is 16.0. The maximum Gasteiger partial charge on any atom is 0.150 e. The summed E-state index contributed by atoms with van der Waals surface area (Å²) in [6, 6.07) is 15.7. The molecule has 5 nitrogen and oxygen atoms in total. The maximum absolute atomic E-state index is 15.1. The van der Waals surface area contributed by atoms with Crippen LogP contribution in [-0.2, 0) is 0 Å². The summed E-state index contributed by atoms with van der Waals surface area (Å²) in [4.78, 5) is 8.94. The highest BCUT2D eigenvalue weighted by Gasteiger charge is 2.21. The van der Waals surface area contributed by atoms with Gasteiger partial charge < -0.3 is 10.4 Å². The van der Waals surface area contributed by atoms with E-state index in [0.29, 0.717) is 27.6 Å². The minimum atomic E-state index is -0.893. The third kappa shape index (κ3) is 3.30. The molecule has 2 N–H and O–H groups in total. The second-order valence-corrected chi connectivity index (χ2v) is 7.49. The predicted octanol–water partition coefficient (Wildman–Crippen LogP) is 5.39. The van der Waals surface area contributed by atoms with Crippen LogP contribution in [0, 0.1) is 17.1 Å². The van der Waals surface area contributed by atoms with Crippen molar-refractivity contribution in [3.05, 3.63) is 82.8 Å². The number of aliphatic hydroxyl groups excluding tert-OH is 1. The monoisotopic (exact) mass is 428 g/mol. The van der Waals surface area contributed by atoms with Gasteiger partial charge in [0.05, 0.1) is 21.8 Å². The summed E-state index contributed by atoms with van der Waals surface area (Å²) in [6.07, 6.45) is 4.13. The van der Waals surface area contributed by atoms with Crippen LogP contribution in [0.25, 0.3) is 39.4 Å². The highest BCUT2D eigenvalue weighted by molar-refractivity contribution is 6.35. The average Bonchev–Trinajstić information content (AvgIpc) is 2.78. The van der Waals surface area contributed by atoms with E-state index < -0.39 is 12.0 Å². The van der Waals surface area contributed by atoms with Gasteiger partial charge in [-0.15, -0.1) is 0 Å². The molecule has 1 aliphatic rings. The minimum absolute atomic E-state index is 0.0726. The lowest BCUT2D eigenvalue weighted by atomic mass is 9.94. The van der Waals surface area contributed by atoms with Gasteiger partial charge in [-0.1, -0.05) is 29.8 Å². The number of rotatable bonds is 2. The van der Waals surface area contributed by atoms with E-state index in [0.717, 1.165) is 16.5 Å². The number of aliphatic hydroxyl groups is 1. The number of aromatic nitrogens is 2. The van der Waals surface area contributed by atoms with Gasteiger partial charge in [-0.2, -0.15) is 5.26 Å². The molecule has 7 heteroatoms. The van der Waals surface area contributed by atoms with Crippen LogP contribution in [0.2, 0.25) is 5.02 Å². The van der Waals surface area contributed by atoms with E-state index in [1.807, 2.05) is 30.3 Å². The van der Waals surface area contributed by atoms with Crippen LogP contribution in [0.15, 0.2) is 60.8 Å². The average molecular weight is 429 g/mol. The molecule has 0 bridgehead atoms. The molecule has 0 saturated carbocycles. The highest BCUT2D eigenvalue weighted by atomic mass is 35.5. The second kappa shape index (κ2) is 7.47. The van der Waals surface area contributed by atoms with Crippen molar-refractivity contribution in [3.8, 4) is 28.5 Å². The van der Waals surface area contributed by atoms with Gasteiger partial charge in [0.25, 0.3) is 0 Å². The standard InChI is InChI=1S/C24H14ClFN4O/c25-19-11-16(9-13-4-2-8-28-22(13)19)18-10-14-6-7-20(31)29-24(14)30-23(18)17-5-1-3-15(12-27)21(17)26/h1-11,20,31H,(H,29,30). The lowest BCUT2D eigenvalue weighted by molar-refractivity contribution is 0.251. The third-order valence-electron chi connectivity index (χ3n) is 5.14. The van der Waals surface area contributed by atoms with Crippen LogP contribution in [-0.4, -0.2) is 21.3 Å². The number of benzene rings is 2. The van der Waals surface area contributed by atoms with Crippen LogP contribution >= 0.6 is 11.6 Å². The van der Waals surface area contributed by atoms with Crippen molar-refractivity contribution >= 4 is 34.4 Å². The lowest BCUT2D eigenvalue weighted by Gasteiger charge is -2.21. The molecule has 0 saturated heterocycles. The number of pyridine rings is 2. The summed E-state index contributed by atoms with van der Waals surface area (Å²) < 4.78 is 15.1. The predicted molar refractivity (Wildman–Crippen MR) is 119 cm³/mol. The van der Waals surface area contributed by atoms with Gasteiger partial charge in [0.15, 0.2) is 0 Å². The summed E-state index contributed by atoms with van der Waals surface area (Å²) in [7, 11) is 0. The first-order valence-electron chi connectivity index (χ1n) is 9.46. The Balaban J connectivity index is 1.82. The van der Waals surface area contributed by atoms with Crippen LogP contribution in [0.3, 0.4) is 0 Å². The van der Waals surface area contributed by atoms with Crippen LogP contribution in [0.4, 0.5) is 10.2 Å². The molecule has 3 heterocycles. The Morgan fingerprint density at radius 3 is 2.84 bits per heavy atom. The number of anilines is 1. The van der Waals surface area contributed by atoms with Gasteiger partial charge in [0.2, 0.25) is 0 Å². The van der Waals surface area contributed by atoms with Crippen molar-refractivity contribution in [1.82, 2.24) is 9.97 Å².